The molecule has 0 saturated heterocycles. The molecule has 3 N–H and O–H groups in total. The summed E-state index contributed by atoms with van der Waals surface area (Å²) in [6, 6.07) is 0. The van der Waals surface area contributed by atoms with Crippen LogP contribution in [0.4, 0.5) is 0 Å². The van der Waals surface area contributed by atoms with Crippen LogP contribution < -0.4 is 5.84 Å². The third-order valence-corrected chi connectivity index (χ3v) is 1.08. The first-order valence-corrected chi connectivity index (χ1v) is 3.72. The lowest BCUT2D eigenvalue weighted by molar-refractivity contribution is 0.239. The second-order valence-electron chi connectivity index (χ2n) is 2.12. The zero-order chi connectivity index (χ0) is 9.23. The van der Waals surface area contributed by atoms with E-state index >= 15 is 0 Å². The number of rotatable bonds is 6. The number of hydrogen-bond acceptors (Lipinski definition) is 4. The lowest BCUT2D eigenvalue weighted by atomic mass is 10.5. The Balaban J connectivity index is 3.52. The molecule has 12 heavy (non-hydrogen) atoms. The molecule has 0 aromatic carbocycles. The lowest BCUT2D eigenvalue weighted by Crippen LogP contribution is -2.27. The Morgan fingerprint density at radius 1 is 1.58 bits per heavy atom. The molecule has 0 aliphatic carbocycles. The summed E-state index contributed by atoms with van der Waals surface area (Å²) in [5.74, 6) is 5.39. The SMILES string of the molecule is C=CC/C=N\C=C/N(N)CCO. The van der Waals surface area contributed by atoms with E-state index in [0.717, 1.165) is 6.42 Å². The van der Waals surface area contributed by atoms with Gasteiger partial charge in [-0.25, -0.2) is 5.84 Å². The van der Waals surface area contributed by atoms with E-state index in [9.17, 15) is 0 Å². The Morgan fingerprint density at radius 2 is 2.33 bits per heavy atom. The van der Waals surface area contributed by atoms with Gasteiger partial charge in [-0.15, -0.1) is 6.58 Å². The van der Waals surface area contributed by atoms with Gasteiger partial charge in [0.25, 0.3) is 0 Å². The molecule has 0 rings (SSSR count). The fourth-order valence-electron chi connectivity index (χ4n) is 0.510. The highest BCUT2D eigenvalue weighted by atomic mass is 16.3. The molecule has 4 nitrogen and oxygen atoms in total. The monoisotopic (exact) mass is 169 g/mol. The van der Waals surface area contributed by atoms with Crippen LogP contribution in [0.3, 0.4) is 0 Å². The van der Waals surface area contributed by atoms with E-state index in [0.29, 0.717) is 6.54 Å². The Labute approximate surface area is 72.7 Å². The Morgan fingerprint density at radius 3 is 2.92 bits per heavy atom. The highest BCUT2D eigenvalue weighted by Gasteiger charge is 1.85. The Hall–Kier alpha value is -1.13. The molecule has 0 bridgehead atoms. The second-order valence-corrected chi connectivity index (χ2v) is 2.12. The maximum atomic E-state index is 8.47. The zero-order valence-corrected chi connectivity index (χ0v) is 7.06. The quantitative estimate of drug-likeness (QED) is 0.260. The summed E-state index contributed by atoms with van der Waals surface area (Å²) in [4.78, 5) is 3.90. The van der Waals surface area contributed by atoms with E-state index < -0.39 is 0 Å². The van der Waals surface area contributed by atoms with E-state index in [1.807, 2.05) is 0 Å². The van der Waals surface area contributed by atoms with Crippen LogP contribution in [0.5, 0.6) is 0 Å². The molecule has 0 radical (unpaired) electrons. The van der Waals surface area contributed by atoms with Gasteiger partial charge in [-0.1, -0.05) is 6.08 Å². The Bertz CT molecular complexity index is 166. The van der Waals surface area contributed by atoms with Gasteiger partial charge in [0.15, 0.2) is 0 Å². The molecule has 68 valence electrons. The predicted molar refractivity (Wildman–Crippen MR) is 50.4 cm³/mol. The summed E-state index contributed by atoms with van der Waals surface area (Å²) in [6.07, 6.45) is 7.38. The van der Waals surface area contributed by atoms with Gasteiger partial charge in [0.1, 0.15) is 0 Å². The number of nitrogens with zero attached hydrogens (tertiary/aromatic N) is 2. The van der Waals surface area contributed by atoms with Crippen LogP contribution >= 0.6 is 0 Å². The summed E-state index contributed by atoms with van der Waals surface area (Å²) in [6.45, 7) is 3.99. The highest BCUT2D eigenvalue weighted by molar-refractivity contribution is 5.59. The summed E-state index contributed by atoms with van der Waals surface area (Å²) in [7, 11) is 0. The third-order valence-electron chi connectivity index (χ3n) is 1.08. The fourth-order valence-corrected chi connectivity index (χ4v) is 0.510. The van der Waals surface area contributed by atoms with Crippen molar-refractivity contribution in [1.82, 2.24) is 5.01 Å². The predicted octanol–water partition coefficient (Wildman–Crippen LogP) is 0.273. The minimum Gasteiger partial charge on any atom is -0.394 e. The second kappa shape index (κ2) is 7.97. The average molecular weight is 169 g/mol. The largest absolute Gasteiger partial charge is 0.394 e. The first-order valence-electron chi connectivity index (χ1n) is 3.72. The number of aliphatic hydroxyl groups is 1. The zero-order valence-electron chi connectivity index (χ0n) is 7.06. The first kappa shape index (κ1) is 10.9. The van der Waals surface area contributed by atoms with Crippen molar-refractivity contribution in [3.63, 3.8) is 0 Å². The normalized spacial score (nSPS) is 11.2. The molecule has 0 spiro atoms. The van der Waals surface area contributed by atoms with E-state index in [-0.39, 0.29) is 6.61 Å². The van der Waals surface area contributed by atoms with Crippen molar-refractivity contribution >= 4 is 6.21 Å². The molecule has 0 aromatic heterocycles. The van der Waals surface area contributed by atoms with Crippen LogP contribution in [0.15, 0.2) is 30.0 Å². The molecular weight excluding hydrogens is 154 g/mol. The molecule has 0 unspecified atom stereocenters. The van der Waals surface area contributed by atoms with Crippen LogP contribution in [0.1, 0.15) is 6.42 Å². The maximum absolute atomic E-state index is 8.47. The standard InChI is InChI=1S/C8H15N3O/c1-2-3-4-10-5-6-11(9)7-8-12/h2,4-6,12H,1,3,7-9H2/b6-5-,10-4-. The molecule has 0 amide bonds. The van der Waals surface area contributed by atoms with Gasteiger partial charge in [-0.3, -0.25) is 4.99 Å². The van der Waals surface area contributed by atoms with Gasteiger partial charge < -0.3 is 10.1 Å². The number of hydrazine groups is 1. The molecule has 4 heteroatoms. The lowest BCUT2D eigenvalue weighted by Gasteiger charge is -2.09. The van der Waals surface area contributed by atoms with Gasteiger partial charge in [-0.05, 0) is 0 Å². The molecule has 0 heterocycles. The van der Waals surface area contributed by atoms with Gasteiger partial charge in [0, 0.05) is 25.0 Å². The molecular formula is C8H15N3O. The Kier molecular flexibility index (Phi) is 7.22. The smallest absolute Gasteiger partial charge is 0.0622 e. The molecule has 0 aliphatic rings. The van der Waals surface area contributed by atoms with Crippen molar-refractivity contribution in [2.75, 3.05) is 13.2 Å². The summed E-state index contributed by atoms with van der Waals surface area (Å²) in [5, 5.41) is 9.84. The fraction of sp³-hybridized carbons (Fsp3) is 0.375. The molecule has 0 atom stereocenters. The molecule has 0 fully saturated rings. The van der Waals surface area contributed by atoms with Crippen molar-refractivity contribution in [2.24, 2.45) is 10.8 Å². The number of hydrogen-bond donors (Lipinski definition) is 2. The van der Waals surface area contributed by atoms with Gasteiger partial charge in [-0.2, -0.15) is 0 Å². The van der Waals surface area contributed by atoms with E-state index in [1.54, 1.807) is 24.7 Å². The van der Waals surface area contributed by atoms with Crippen molar-refractivity contribution < 1.29 is 5.11 Å². The molecule has 0 aromatic rings. The van der Waals surface area contributed by atoms with Gasteiger partial charge >= 0.3 is 0 Å². The van der Waals surface area contributed by atoms with Crippen LogP contribution in [0.2, 0.25) is 0 Å². The number of aliphatic imine (C=N–C) groups is 1. The number of aliphatic hydroxyl groups excluding tert-OH is 1. The van der Waals surface area contributed by atoms with E-state index in [2.05, 4.69) is 11.6 Å². The van der Waals surface area contributed by atoms with Crippen LogP contribution in [-0.4, -0.2) is 29.5 Å². The van der Waals surface area contributed by atoms with Crippen LogP contribution in [-0.2, 0) is 0 Å². The maximum Gasteiger partial charge on any atom is 0.0622 e. The van der Waals surface area contributed by atoms with E-state index in [1.165, 1.54) is 5.01 Å². The third kappa shape index (κ3) is 6.98. The summed E-state index contributed by atoms with van der Waals surface area (Å²) < 4.78 is 0. The first-order chi connectivity index (χ1) is 5.81. The van der Waals surface area contributed by atoms with E-state index in [4.69, 9.17) is 10.9 Å². The van der Waals surface area contributed by atoms with Gasteiger partial charge in [0.2, 0.25) is 0 Å². The van der Waals surface area contributed by atoms with Crippen molar-refractivity contribution in [3.8, 4) is 0 Å². The van der Waals surface area contributed by atoms with Crippen LogP contribution in [0, 0.1) is 0 Å². The van der Waals surface area contributed by atoms with Crippen molar-refractivity contribution in [3.05, 3.63) is 25.1 Å². The molecule has 0 aliphatic heterocycles. The minimum absolute atomic E-state index is 0.0389. The molecule has 0 saturated carbocycles. The van der Waals surface area contributed by atoms with Crippen molar-refractivity contribution in [1.29, 1.82) is 0 Å². The summed E-state index contributed by atoms with van der Waals surface area (Å²) in [5.41, 5.74) is 0. The van der Waals surface area contributed by atoms with Crippen LogP contribution in [0.25, 0.3) is 0 Å². The van der Waals surface area contributed by atoms with Gasteiger partial charge in [0.05, 0.1) is 13.2 Å². The minimum atomic E-state index is 0.0389. The summed E-state index contributed by atoms with van der Waals surface area (Å²) >= 11 is 0. The topological polar surface area (TPSA) is 61.8 Å². The highest BCUT2D eigenvalue weighted by Crippen LogP contribution is 1.81. The number of allylic oxidation sites excluding steroid dienone is 1. The van der Waals surface area contributed by atoms with Crippen molar-refractivity contribution in [2.45, 2.75) is 6.42 Å². The number of nitrogens with two attached hydrogens (primary N) is 1. The average Bonchev–Trinajstić information content (AvgIpc) is 2.05.